The number of hydrogen-bond donors (Lipinski definition) is 2. The van der Waals surface area contributed by atoms with E-state index in [4.69, 9.17) is 9.84 Å². The van der Waals surface area contributed by atoms with E-state index in [1.165, 1.54) is 25.7 Å². The maximum atomic E-state index is 10.4. The molecule has 86 valence electrons. The van der Waals surface area contributed by atoms with Crippen molar-refractivity contribution in [2.24, 2.45) is 0 Å². The van der Waals surface area contributed by atoms with Crippen LogP contribution >= 0.6 is 0 Å². The number of carboxylic acid groups (broad SMARTS) is 1. The Morgan fingerprint density at radius 1 is 1.47 bits per heavy atom. The van der Waals surface area contributed by atoms with Crippen LogP contribution in [0.2, 0.25) is 0 Å². The van der Waals surface area contributed by atoms with Crippen molar-refractivity contribution in [2.45, 2.75) is 31.8 Å². The van der Waals surface area contributed by atoms with Crippen LogP contribution in [0.5, 0.6) is 0 Å². The lowest BCUT2D eigenvalue weighted by atomic mass is 10.3. The van der Waals surface area contributed by atoms with E-state index in [-0.39, 0.29) is 5.57 Å². The zero-order valence-electron chi connectivity index (χ0n) is 9.00. The highest BCUT2D eigenvalue weighted by molar-refractivity contribution is 5.86. The molecule has 0 aromatic carbocycles. The van der Waals surface area contributed by atoms with Crippen LogP contribution in [0.4, 0.5) is 0 Å². The van der Waals surface area contributed by atoms with Crippen LogP contribution in [0.1, 0.15) is 25.7 Å². The second kappa shape index (κ2) is 6.58. The van der Waals surface area contributed by atoms with Crippen molar-refractivity contribution in [1.29, 1.82) is 0 Å². The van der Waals surface area contributed by atoms with Crippen molar-refractivity contribution in [3.05, 3.63) is 12.2 Å². The molecule has 0 aliphatic heterocycles. The minimum Gasteiger partial charge on any atom is -0.478 e. The molecule has 4 heteroatoms. The fourth-order valence-electron chi connectivity index (χ4n) is 1.67. The fraction of sp³-hybridized carbons (Fsp3) is 0.727. The van der Waals surface area contributed by atoms with Crippen molar-refractivity contribution in [3.63, 3.8) is 0 Å². The van der Waals surface area contributed by atoms with Gasteiger partial charge in [0.1, 0.15) is 0 Å². The molecule has 2 N–H and O–H groups in total. The van der Waals surface area contributed by atoms with Crippen LogP contribution in [-0.2, 0) is 9.53 Å². The Morgan fingerprint density at radius 2 is 2.13 bits per heavy atom. The third-order valence-corrected chi connectivity index (χ3v) is 2.58. The summed E-state index contributed by atoms with van der Waals surface area (Å²) in [5.74, 6) is -0.945. The molecule has 0 spiro atoms. The Hall–Kier alpha value is -0.870. The summed E-state index contributed by atoms with van der Waals surface area (Å²) in [5.41, 5.74) is 0.191. The van der Waals surface area contributed by atoms with E-state index < -0.39 is 5.97 Å². The highest BCUT2D eigenvalue weighted by Gasteiger charge is 2.14. The SMILES string of the molecule is C=C(CNCCOC1CCCC1)C(=O)O. The Bertz CT molecular complexity index is 222. The number of ether oxygens (including phenoxy) is 1. The first kappa shape index (κ1) is 12.2. The van der Waals surface area contributed by atoms with Gasteiger partial charge in [-0.2, -0.15) is 0 Å². The highest BCUT2D eigenvalue weighted by atomic mass is 16.5. The van der Waals surface area contributed by atoms with Crippen molar-refractivity contribution in [1.82, 2.24) is 5.32 Å². The smallest absolute Gasteiger partial charge is 0.332 e. The van der Waals surface area contributed by atoms with Crippen molar-refractivity contribution >= 4 is 5.97 Å². The maximum absolute atomic E-state index is 10.4. The molecule has 0 amide bonds. The third kappa shape index (κ3) is 4.95. The highest BCUT2D eigenvalue weighted by Crippen LogP contribution is 2.20. The van der Waals surface area contributed by atoms with Crippen LogP contribution in [0, 0.1) is 0 Å². The lowest BCUT2D eigenvalue weighted by Crippen LogP contribution is -2.25. The molecule has 0 atom stereocenters. The van der Waals surface area contributed by atoms with Crippen LogP contribution in [0.3, 0.4) is 0 Å². The zero-order chi connectivity index (χ0) is 11.1. The van der Waals surface area contributed by atoms with Gasteiger partial charge in [0, 0.05) is 18.7 Å². The zero-order valence-corrected chi connectivity index (χ0v) is 9.00. The largest absolute Gasteiger partial charge is 0.478 e. The minimum atomic E-state index is -0.945. The number of nitrogens with one attached hydrogen (secondary N) is 1. The number of carboxylic acids is 1. The van der Waals surface area contributed by atoms with Crippen LogP contribution in [-0.4, -0.2) is 36.9 Å². The van der Waals surface area contributed by atoms with E-state index in [0.29, 0.717) is 25.8 Å². The van der Waals surface area contributed by atoms with Crippen LogP contribution in [0.25, 0.3) is 0 Å². The normalized spacial score (nSPS) is 16.8. The molecular weight excluding hydrogens is 194 g/mol. The Morgan fingerprint density at radius 3 is 2.73 bits per heavy atom. The molecule has 15 heavy (non-hydrogen) atoms. The van der Waals surface area contributed by atoms with E-state index in [2.05, 4.69) is 11.9 Å². The van der Waals surface area contributed by atoms with Gasteiger partial charge in [0.25, 0.3) is 0 Å². The van der Waals surface area contributed by atoms with Crippen molar-refractivity contribution < 1.29 is 14.6 Å². The second-order valence-corrected chi connectivity index (χ2v) is 3.86. The van der Waals surface area contributed by atoms with E-state index >= 15 is 0 Å². The molecule has 0 aromatic heterocycles. The van der Waals surface area contributed by atoms with Crippen LogP contribution in [0.15, 0.2) is 12.2 Å². The van der Waals surface area contributed by atoms with E-state index in [1.807, 2.05) is 0 Å². The first-order valence-electron chi connectivity index (χ1n) is 5.43. The molecule has 0 unspecified atom stereocenters. The number of carbonyl (C=O) groups is 1. The lowest BCUT2D eigenvalue weighted by Gasteiger charge is -2.11. The molecule has 0 saturated heterocycles. The van der Waals surface area contributed by atoms with E-state index in [1.54, 1.807) is 0 Å². The molecular formula is C11H19NO3. The third-order valence-electron chi connectivity index (χ3n) is 2.58. The van der Waals surface area contributed by atoms with E-state index in [9.17, 15) is 4.79 Å². The maximum Gasteiger partial charge on any atom is 0.332 e. The summed E-state index contributed by atoms with van der Waals surface area (Å²) in [6, 6.07) is 0. The van der Waals surface area contributed by atoms with Gasteiger partial charge < -0.3 is 15.2 Å². The summed E-state index contributed by atoms with van der Waals surface area (Å²) in [4.78, 5) is 10.4. The molecule has 1 aliphatic carbocycles. The minimum absolute atomic E-state index is 0.191. The summed E-state index contributed by atoms with van der Waals surface area (Å²) < 4.78 is 5.61. The summed E-state index contributed by atoms with van der Waals surface area (Å²) in [5, 5.41) is 11.5. The average molecular weight is 213 g/mol. The summed E-state index contributed by atoms with van der Waals surface area (Å²) in [6.07, 6.45) is 5.31. The van der Waals surface area contributed by atoms with Gasteiger partial charge >= 0.3 is 5.97 Å². The first-order valence-corrected chi connectivity index (χ1v) is 5.43. The molecule has 1 fully saturated rings. The first-order chi connectivity index (χ1) is 7.20. The summed E-state index contributed by atoms with van der Waals surface area (Å²) in [6.45, 7) is 5.08. The topological polar surface area (TPSA) is 58.6 Å². The van der Waals surface area contributed by atoms with Gasteiger partial charge in [-0.3, -0.25) is 0 Å². The molecule has 0 aromatic rings. The number of hydrogen-bond acceptors (Lipinski definition) is 3. The van der Waals surface area contributed by atoms with Crippen molar-refractivity contribution in [2.75, 3.05) is 19.7 Å². The van der Waals surface area contributed by atoms with Crippen LogP contribution < -0.4 is 5.32 Å². The van der Waals surface area contributed by atoms with Gasteiger partial charge in [0.05, 0.1) is 12.7 Å². The predicted octanol–water partition coefficient (Wildman–Crippen LogP) is 1.18. The predicted molar refractivity (Wildman–Crippen MR) is 57.9 cm³/mol. The molecule has 4 nitrogen and oxygen atoms in total. The molecule has 1 aliphatic rings. The molecule has 1 saturated carbocycles. The monoisotopic (exact) mass is 213 g/mol. The van der Waals surface area contributed by atoms with Gasteiger partial charge in [-0.25, -0.2) is 4.79 Å². The van der Waals surface area contributed by atoms with Gasteiger partial charge in [-0.1, -0.05) is 19.4 Å². The Balaban J connectivity index is 1.92. The van der Waals surface area contributed by atoms with Crippen molar-refractivity contribution in [3.8, 4) is 0 Å². The lowest BCUT2D eigenvalue weighted by molar-refractivity contribution is -0.132. The molecule has 1 rings (SSSR count). The standard InChI is InChI=1S/C11H19NO3/c1-9(11(13)14)8-12-6-7-15-10-4-2-3-5-10/h10,12H,1-8H2,(H,13,14). The van der Waals surface area contributed by atoms with Gasteiger partial charge in [0.15, 0.2) is 0 Å². The quantitative estimate of drug-likeness (QED) is 0.492. The van der Waals surface area contributed by atoms with E-state index in [0.717, 1.165) is 0 Å². The molecule has 0 heterocycles. The number of rotatable bonds is 7. The summed E-state index contributed by atoms with van der Waals surface area (Å²) in [7, 11) is 0. The van der Waals surface area contributed by atoms with Gasteiger partial charge in [0.2, 0.25) is 0 Å². The van der Waals surface area contributed by atoms with Gasteiger partial charge in [-0.15, -0.1) is 0 Å². The Kier molecular flexibility index (Phi) is 5.36. The fourth-order valence-corrected chi connectivity index (χ4v) is 1.67. The molecule has 0 radical (unpaired) electrons. The number of aliphatic carboxylic acids is 1. The van der Waals surface area contributed by atoms with Gasteiger partial charge in [-0.05, 0) is 12.8 Å². The summed E-state index contributed by atoms with van der Waals surface area (Å²) >= 11 is 0. The Labute approximate surface area is 90.3 Å². The molecule has 0 bridgehead atoms. The second-order valence-electron chi connectivity index (χ2n) is 3.86. The average Bonchev–Trinajstić information content (AvgIpc) is 2.69.